The summed E-state index contributed by atoms with van der Waals surface area (Å²) in [5, 5.41) is 14.8. The van der Waals surface area contributed by atoms with Crippen molar-refractivity contribution < 1.29 is 9.84 Å². The predicted molar refractivity (Wildman–Crippen MR) is 112 cm³/mol. The van der Waals surface area contributed by atoms with Crippen molar-refractivity contribution in [3.05, 3.63) is 58.6 Å². The largest absolute Gasteiger partial charge is 0.506 e. The van der Waals surface area contributed by atoms with Crippen LogP contribution in [0.4, 0.5) is 0 Å². The highest BCUT2D eigenvalue weighted by Crippen LogP contribution is 2.50. The standard InChI is InChI=1S/C21H23ClN2O2S/c1-20(2)12-21(24-19(23-20)27-3)11-15(13-7-5-4-6-8-13)14-9-16(22)17(25)10-18(14)26-21/h4-10,15,25H,11-12H2,1-3H3,(H,23,24)/t15-,21+/m1/s1. The van der Waals surface area contributed by atoms with Crippen LogP contribution in [0.25, 0.3) is 0 Å². The van der Waals surface area contributed by atoms with Gasteiger partial charge in [0.2, 0.25) is 5.72 Å². The van der Waals surface area contributed by atoms with Crippen molar-refractivity contribution in [1.82, 2.24) is 5.32 Å². The Morgan fingerprint density at radius 2 is 2.00 bits per heavy atom. The molecule has 1 spiro atoms. The van der Waals surface area contributed by atoms with Gasteiger partial charge in [-0.05, 0) is 31.7 Å². The molecule has 0 saturated carbocycles. The van der Waals surface area contributed by atoms with E-state index in [-0.39, 0.29) is 17.2 Å². The highest BCUT2D eigenvalue weighted by Gasteiger charge is 2.48. The van der Waals surface area contributed by atoms with Crippen LogP contribution < -0.4 is 10.1 Å². The average molecular weight is 403 g/mol. The molecule has 0 unspecified atom stereocenters. The van der Waals surface area contributed by atoms with E-state index in [1.807, 2.05) is 30.5 Å². The summed E-state index contributed by atoms with van der Waals surface area (Å²) in [7, 11) is 0. The van der Waals surface area contributed by atoms with Gasteiger partial charge in [0.15, 0.2) is 5.17 Å². The summed E-state index contributed by atoms with van der Waals surface area (Å²) in [6.45, 7) is 4.32. The van der Waals surface area contributed by atoms with Crippen LogP contribution in [0.5, 0.6) is 11.5 Å². The molecule has 2 heterocycles. The Bertz CT molecular complexity index is 901. The van der Waals surface area contributed by atoms with E-state index in [2.05, 4.69) is 31.3 Å². The van der Waals surface area contributed by atoms with Gasteiger partial charge in [0.25, 0.3) is 0 Å². The van der Waals surface area contributed by atoms with Gasteiger partial charge >= 0.3 is 0 Å². The molecule has 27 heavy (non-hydrogen) atoms. The number of phenols is 1. The predicted octanol–water partition coefficient (Wildman–Crippen LogP) is 5.15. The molecule has 4 rings (SSSR count). The van der Waals surface area contributed by atoms with Gasteiger partial charge in [-0.1, -0.05) is 53.7 Å². The quantitative estimate of drug-likeness (QED) is 0.692. The van der Waals surface area contributed by atoms with E-state index in [9.17, 15) is 5.11 Å². The fourth-order valence-corrected chi connectivity index (χ4v) is 4.94. The zero-order valence-electron chi connectivity index (χ0n) is 15.6. The van der Waals surface area contributed by atoms with Crippen molar-refractivity contribution in [3.8, 4) is 11.5 Å². The number of thioether (sulfide) groups is 1. The summed E-state index contributed by atoms with van der Waals surface area (Å²) in [4.78, 5) is 4.95. The van der Waals surface area contributed by atoms with Crippen LogP contribution in [0.2, 0.25) is 5.02 Å². The number of nitrogens with zero attached hydrogens (tertiary/aromatic N) is 1. The first-order valence-corrected chi connectivity index (χ1v) is 10.6. The first kappa shape index (κ1) is 18.5. The SMILES string of the molecule is CSC1=N[C@]2(C[C@H](c3ccccc3)c3cc(Cl)c(O)cc3O2)CC(C)(C)N1. The second-order valence-electron chi connectivity index (χ2n) is 7.86. The molecule has 0 fully saturated rings. The number of nitrogens with one attached hydrogen (secondary N) is 1. The van der Waals surface area contributed by atoms with Crippen molar-refractivity contribution in [1.29, 1.82) is 0 Å². The molecule has 0 aromatic heterocycles. The highest BCUT2D eigenvalue weighted by molar-refractivity contribution is 8.13. The van der Waals surface area contributed by atoms with Crippen LogP contribution in [0.1, 0.15) is 43.7 Å². The third-order valence-corrected chi connectivity index (χ3v) is 6.02. The number of aliphatic imine (C=N–C) groups is 1. The topological polar surface area (TPSA) is 53.9 Å². The third kappa shape index (κ3) is 3.50. The van der Waals surface area contributed by atoms with Crippen molar-refractivity contribution in [3.63, 3.8) is 0 Å². The molecule has 0 amide bonds. The van der Waals surface area contributed by atoms with Gasteiger partial charge in [-0.25, -0.2) is 4.99 Å². The Balaban J connectivity index is 1.87. The molecule has 0 radical (unpaired) electrons. The van der Waals surface area contributed by atoms with Crippen LogP contribution in [-0.4, -0.2) is 27.8 Å². The van der Waals surface area contributed by atoms with Gasteiger partial charge in [0.1, 0.15) is 11.5 Å². The molecular weight excluding hydrogens is 380 g/mol. The number of ether oxygens (including phenoxy) is 1. The van der Waals surface area contributed by atoms with Gasteiger partial charge in [-0.2, -0.15) is 0 Å². The van der Waals surface area contributed by atoms with Crippen molar-refractivity contribution in [2.45, 2.75) is 43.9 Å². The lowest BCUT2D eigenvalue weighted by molar-refractivity contribution is 0.0134. The number of phenolic OH excluding ortho intramolecular Hbond substituents is 1. The maximum absolute atomic E-state index is 10.2. The fraction of sp³-hybridized carbons (Fsp3) is 0.381. The Morgan fingerprint density at radius 3 is 2.70 bits per heavy atom. The van der Waals surface area contributed by atoms with Crippen LogP contribution in [0, 0.1) is 0 Å². The lowest BCUT2D eigenvalue weighted by Gasteiger charge is -2.47. The number of amidine groups is 1. The zero-order valence-corrected chi connectivity index (χ0v) is 17.2. The first-order chi connectivity index (χ1) is 12.8. The summed E-state index contributed by atoms with van der Waals surface area (Å²) >= 11 is 7.81. The Hall–Kier alpha value is -1.85. The number of benzene rings is 2. The van der Waals surface area contributed by atoms with Crippen molar-refractivity contribution in [2.75, 3.05) is 6.26 Å². The molecule has 2 aromatic carbocycles. The molecule has 0 bridgehead atoms. The average Bonchev–Trinajstić information content (AvgIpc) is 2.62. The smallest absolute Gasteiger partial charge is 0.206 e. The summed E-state index contributed by atoms with van der Waals surface area (Å²) in [5.41, 5.74) is 1.36. The number of hydrogen-bond acceptors (Lipinski definition) is 5. The Morgan fingerprint density at radius 1 is 1.26 bits per heavy atom. The number of halogens is 1. The molecule has 2 atom stereocenters. The van der Waals surface area contributed by atoms with Crippen molar-refractivity contribution in [2.24, 2.45) is 4.99 Å². The van der Waals surface area contributed by atoms with Crippen LogP contribution in [0.15, 0.2) is 47.5 Å². The number of rotatable bonds is 1. The van der Waals surface area contributed by atoms with Gasteiger partial charge in [0, 0.05) is 35.9 Å². The van der Waals surface area contributed by atoms with Crippen LogP contribution in [0.3, 0.4) is 0 Å². The fourth-order valence-electron chi connectivity index (χ4n) is 4.13. The zero-order chi connectivity index (χ0) is 19.2. The number of aromatic hydroxyl groups is 1. The monoisotopic (exact) mass is 402 g/mol. The van der Waals surface area contributed by atoms with Crippen LogP contribution >= 0.6 is 23.4 Å². The maximum Gasteiger partial charge on any atom is 0.206 e. The highest BCUT2D eigenvalue weighted by atomic mass is 35.5. The molecule has 0 saturated heterocycles. The van der Waals surface area contributed by atoms with E-state index in [1.54, 1.807) is 17.8 Å². The molecule has 6 heteroatoms. The van der Waals surface area contributed by atoms with Crippen molar-refractivity contribution >= 4 is 28.5 Å². The summed E-state index contributed by atoms with van der Waals surface area (Å²) in [5.74, 6) is 0.772. The number of fused-ring (bicyclic) bond motifs is 1. The minimum absolute atomic E-state index is 0.0292. The summed E-state index contributed by atoms with van der Waals surface area (Å²) in [6.07, 6.45) is 3.47. The maximum atomic E-state index is 10.2. The first-order valence-electron chi connectivity index (χ1n) is 8.99. The summed E-state index contributed by atoms with van der Waals surface area (Å²) < 4.78 is 6.46. The molecule has 2 aromatic rings. The van der Waals surface area contributed by atoms with Gasteiger partial charge < -0.3 is 15.2 Å². The van der Waals surface area contributed by atoms with Gasteiger partial charge in [-0.3, -0.25) is 0 Å². The molecule has 142 valence electrons. The molecule has 0 aliphatic carbocycles. The lowest BCUT2D eigenvalue weighted by atomic mass is 9.78. The lowest BCUT2D eigenvalue weighted by Crippen LogP contribution is -2.56. The second-order valence-corrected chi connectivity index (χ2v) is 9.07. The van der Waals surface area contributed by atoms with E-state index >= 15 is 0 Å². The third-order valence-electron chi connectivity index (χ3n) is 5.14. The van der Waals surface area contributed by atoms with E-state index in [4.69, 9.17) is 21.3 Å². The van der Waals surface area contributed by atoms with Gasteiger partial charge in [-0.15, -0.1) is 0 Å². The van der Waals surface area contributed by atoms with E-state index < -0.39 is 5.72 Å². The Labute approximate surface area is 169 Å². The van der Waals surface area contributed by atoms with E-state index in [1.165, 1.54) is 5.56 Å². The molecule has 2 aliphatic rings. The number of hydrogen-bond donors (Lipinski definition) is 2. The normalized spacial score (nSPS) is 25.9. The molecule has 2 N–H and O–H groups in total. The minimum atomic E-state index is -0.680. The van der Waals surface area contributed by atoms with E-state index in [0.29, 0.717) is 10.8 Å². The Kier molecular flexibility index (Phi) is 4.55. The molecular formula is C21H23ClN2O2S. The molecule has 2 aliphatic heterocycles. The minimum Gasteiger partial charge on any atom is -0.506 e. The second kappa shape index (κ2) is 6.64. The van der Waals surface area contributed by atoms with Gasteiger partial charge in [0.05, 0.1) is 5.02 Å². The summed E-state index contributed by atoms with van der Waals surface area (Å²) in [6, 6.07) is 13.8. The van der Waals surface area contributed by atoms with E-state index in [0.717, 1.165) is 23.6 Å². The molecule has 4 nitrogen and oxygen atoms in total. The van der Waals surface area contributed by atoms with Crippen LogP contribution in [-0.2, 0) is 0 Å².